The van der Waals surface area contributed by atoms with Crippen molar-refractivity contribution >= 4 is 23.2 Å². The van der Waals surface area contributed by atoms with Gasteiger partial charge in [-0.1, -0.05) is 23.7 Å². The average Bonchev–Trinajstić information content (AvgIpc) is 2.99. The van der Waals surface area contributed by atoms with Gasteiger partial charge in [-0.25, -0.2) is 4.98 Å². The van der Waals surface area contributed by atoms with Crippen LogP contribution in [0.5, 0.6) is 0 Å². The number of hydrogen-bond acceptors (Lipinski definition) is 2. The van der Waals surface area contributed by atoms with Crippen LogP contribution in [0.2, 0.25) is 5.02 Å². The fourth-order valence-corrected chi connectivity index (χ4v) is 2.95. The number of halogens is 1. The summed E-state index contributed by atoms with van der Waals surface area (Å²) in [5.74, 6) is -0.0273. The van der Waals surface area contributed by atoms with Crippen molar-refractivity contribution in [3.05, 3.63) is 59.5 Å². The third-order valence-corrected chi connectivity index (χ3v) is 4.60. The van der Waals surface area contributed by atoms with Gasteiger partial charge in [0, 0.05) is 35.2 Å². The van der Waals surface area contributed by atoms with E-state index in [1.165, 1.54) is 6.42 Å². The lowest BCUT2D eigenvalue weighted by atomic mass is 9.93. The van der Waals surface area contributed by atoms with Gasteiger partial charge in [-0.2, -0.15) is 0 Å². The Morgan fingerprint density at radius 2 is 2.04 bits per heavy atom. The minimum atomic E-state index is -0.0273. The number of pyridine rings is 1. The number of hydrogen-bond donors (Lipinski definition) is 1. The van der Waals surface area contributed by atoms with Crippen molar-refractivity contribution in [2.45, 2.75) is 25.3 Å². The van der Waals surface area contributed by atoms with E-state index in [-0.39, 0.29) is 5.91 Å². The zero-order chi connectivity index (χ0) is 15.8. The van der Waals surface area contributed by atoms with E-state index < -0.39 is 0 Å². The van der Waals surface area contributed by atoms with Gasteiger partial charge < -0.3 is 9.72 Å². The molecule has 1 amide bonds. The van der Waals surface area contributed by atoms with E-state index in [9.17, 15) is 4.79 Å². The SMILES string of the molecule is O=C(NC1CCC1)c1cc(-c2ccc(Cl)cc2)c2nccn2c1. The topological polar surface area (TPSA) is 46.4 Å². The molecule has 1 aliphatic carbocycles. The molecule has 0 saturated heterocycles. The molecule has 23 heavy (non-hydrogen) atoms. The Hall–Kier alpha value is -2.33. The number of rotatable bonds is 3. The maximum Gasteiger partial charge on any atom is 0.253 e. The highest BCUT2D eigenvalue weighted by Gasteiger charge is 2.21. The molecule has 1 saturated carbocycles. The largest absolute Gasteiger partial charge is 0.349 e. The van der Waals surface area contributed by atoms with Crippen LogP contribution in [0.25, 0.3) is 16.8 Å². The molecule has 0 atom stereocenters. The number of amides is 1. The van der Waals surface area contributed by atoms with Crippen molar-refractivity contribution in [2.24, 2.45) is 0 Å². The first-order valence-corrected chi connectivity index (χ1v) is 8.12. The number of nitrogens with one attached hydrogen (secondary N) is 1. The van der Waals surface area contributed by atoms with E-state index in [0.717, 1.165) is 29.6 Å². The van der Waals surface area contributed by atoms with E-state index in [1.807, 2.05) is 47.1 Å². The summed E-state index contributed by atoms with van der Waals surface area (Å²) in [7, 11) is 0. The predicted molar refractivity (Wildman–Crippen MR) is 90.7 cm³/mol. The second-order valence-corrected chi connectivity index (χ2v) is 6.35. The molecule has 0 unspecified atom stereocenters. The molecule has 0 radical (unpaired) electrons. The minimum Gasteiger partial charge on any atom is -0.349 e. The summed E-state index contributed by atoms with van der Waals surface area (Å²) in [5.41, 5.74) is 3.39. The second kappa shape index (κ2) is 5.70. The van der Waals surface area contributed by atoms with Crippen LogP contribution in [-0.4, -0.2) is 21.3 Å². The maximum absolute atomic E-state index is 12.5. The Morgan fingerprint density at radius 3 is 2.74 bits per heavy atom. The normalized spacial score (nSPS) is 14.7. The molecule has 4 rings (SSSR count). The number of nitrogens with zero attached hydrogens (tertiary/aromatic N) is 2. The first-order chi connectivity index (χ1) is 11.2. The lowest BCUT2D eigenvalue weighted by Gasteiger charge is -2.26. The highest BCUT2D eigenvalue weighted by molar-refractivity contribution is 6.30. The first kappa shape index (κ1) is 14.3. The molecule has 2 aromatic heterocycles. The van der Waals surface area contributed by atoms with Crippen LogP contribution in [0, 0.1) is 0 Å². The molecule has 1 aliphatic rings. The van der Waals surface area contributed by atoms with Crippen LogP contribution in [0.3, 0.4) is 0 Å². The van der Waals surface area contributed by atoms with Crippen LogP contribution in [0.4, 0.5) is 0 Å². The molecule has 5 heteroatoms. The molecular weight excluding hydrogens is 310 g/mol. The maximum atomic E-state index is 12.5. The summed E-state index contributed by atoms with van der Waals surface area (Å²) >= 11 is 5.97. The molecule has 0 aliphatic heterocycles. The zero-order valence-corrected chi connectivity index (χ0v) is 13.3. The minimum absolute atomic E-state index is 0.0273. The van der Waals surface area contributed by atoms with Gasteiger partial charge in [-0.3, -0.25) is 4.79 Å². The van der Waals surface area contributed by atoms with Gasteiger partial charge in [0.15, 0.2) is 0 Å². The highest BCUT2D eigenvalue weighted by Crippen LogP contribution is 2.27. The summed E-state index contributed by atoms with van der Waals surface area (Å²) in [5, 5.41) is 3.77. The molecule has 0 spiro atoms. The fraction of sp³-hybridized carbons (Fsp3) is 0.222. The van der Waals surface area contributed by atoms with E-state index in [4.69, 9.17) is 11.6 Å². The van der Waals surface area contributed by atoms with Gasteiger partial charge in [0.1, 0.15) is 5.65 Å². The number of carbonyl (C=O) groups is 1. The van der Waals surface area contributed by atoms with Gasteiger partial charge in [-0.05, 0) is 43.0 Å². The molecule has 1 N–H and O–H groups in total. The lowest BCUT2D eigenvalue weighted by molar-refractivity contribution is 0.0916. The van der Waals surface area contributed by atoms with Crippen LogP contribution in [0.1, 0.15) is 29.6 Å². The summed E-state index contributed by atoms with van der Waals surface area (Å²) in [4.78, 5) is 16.9. The monoisotopic (exact) mass is 325 g/mol. The van der Waals surface area contributed by atoms with Crippen molar-refractivity contribution in [2.75, 3.05) is 0 Å². The van der Waals surface area contributed by atoms with E-state index in [1.54, 1.807) is 6.20 Å². The second-order valence-electron chi connectivity index (χ2n) is 5.91. The molecular formula is C18H16ClN3O. The van der Waals surface area contributed by atoms with Gasteiger partial charge in [0.05, 0.1) is 5.56 Å². The predicted octanol–water partition coefficient (Wildman–Crippen LogP) is 3.94. The third kappa shape index (κ3) is 2.70. The fourth-order valence-electron chi connectivity index (χ4n) is 2.82. The van der Waals surface area contributed by atoms with Crippen LogP contribution >= 0.6 is 11.6 Å². The summed E-state index contributed by atoms with van der Waals surface area (Å²) in [6.45, 7) is 0. The third-order valence-electron chi connectivity index (χ3n) is 4.35. The quantitative estimate of drug-likeness (QED) is 0.793. The Morgan fingerprint density at radius 1 is 1.26 bits per heavy atom. The van der Waals surface area contributed by atoms with Crippen LogP contribution < -0.4 is 5.32 Å². The van der Waals surface area contributed by atoms with Gasteiger partial charge in [0.25, 0.3) is 5.91 Å². The molecule has 2 heterocycles. The number of aromatic nitrogens is 2. The van der Waals surface area contributed by atoms with Gasteiger partial charge >= 0.3 is 0 Å². The summed E-state index contributed by atoms with van der Waals surface area (Å²) in [6.07, 6.45) is 8.76. The molecule has 3 aromatic rings. The van der Waals surface area contributed by atoms with Crippen molar-refractivity contribution < 1.29 is 4.79 Å². The first-order valence-electron chi connectivity index (χ1n) is 7.74. The Labute approximate surface area is 139 Å². The Balaban J connectivity index is 1.77. The average molecular weight is 326 g/mol. The smallest absolute Gasteiger partial charge is 0.253 e. The molecule has 1 aromatic carbocycles. The molecule has 0 bridgehead atoms. The number of carbonyl (C=O) groups excluding carboxylic acids is 1. The van der Waals surface area contributed by atoms with Gasteiger partial charge in [-0.15, -0.1) is 0 Å². The van der Waals surface area contributed by atoms with Crippen molar-refractivity contribution in [1.29, 1.82) is 0 Å². The van der Waals surface area contributed by atoms with E-state index in [0.29, 0.717) is 16.6 Å². The lowest BCUT2D eigenvalue weighted by Crippen LogP contribution is -2.39. The van der Waals surface area contributed by atoms with Crippen molar-refractivity contribution in [1.82, 2.24) is 14.7 Å². The van der Waals surface area contributed by atoms with Crippen molar-refractivity contribution in [3.63, 3.8) is 0 Å². The van der Waals surface area contributed by atoms with Crippen molar-refractivity contribution in [3.8, 4) is 11.1 Å². The summed E-state index contributed by atoms with van der Waals surface area (Å²) < 4.78 is 1.89. The molecule has 4 nitrogen and oxygen atoms in total. The Kier molecular flexibility index (Phi) is 3.54. The van der Waals surface area contributed by atoms with Crippen LogP contribution in [0.15, 0.2) is 48.9 Å². The van der Waals surface area contributed by atoms with Crippen LogP contribution in [-0.2, 0) is 0 Å². The van der Waals surface area contributed by atoms with E-state index in [2.05, 4.69) is 10.3 Å². The Bertz CT molecular complexity index is 866. The molecule has 1 fully saturated rings. The standard InChI is InChI=1S/C18H16ClN3O/c19-14-6-4-12(5-7-14)16-10-13(11-22-9-8-20-17(16)22)18(23)21-15-2-1-3-15/h4-11,15H,1-3H2,(H,21,23). The molecule has 116 valence electrons. The van der Waals surface area contributed by atoms with Gasteiger partial charge in [0.2, 0.25) is 0 Å². The number of benzene rings is 1. The zero-order valence-electron chi connectivity index (χ0n) is 12.5. The number of imidazole rings is 1. The number of fused-ring (bicyclic) bond motifs is 1. The summed E-state index contributed by atoms with van der Waals surface area (Å²) in [6, 6.07) is 9.80. The highest BCUT2D eigenvalue weighted by atomic mass is 35.5. The van der Waals surface area contributed by atoms with E-state index >= 15 is 0 Å².